The lowest BCUT2D eigenvalue weighted by Gasteiger charge is -2.15. The van der Waals surface area contributed by atoms with Gasteiger partial charge in [0.1, 0.15) is 5.56 Å². The van der Waals surface area contributed by atoms with Gasteiger partial charge >= 0.3 is 5.97 Å². The van der Waals surface area contributed by atoms with Gasteiger partial charge in [-0.15, -0.1) is 0 Å². The SMILES string of the molecule is CC(C)C(C)CNS(=O)(=O)c1[nH]ncc1C(=O)O. The van der Waals surface area contributed by atoms with Crippen LogP contribution in [-0.2, 0) is 10.0 Å². The number of nitrogens with one attached hydrogen (secondary N) is 2. The lowest BCUT2D eigenvalue weighted by molar-refractivity contribution is 0.0692. The molecule has 0 aromatic carbocycles. The highest BCUT2D eigenvalue weighted by Gasteiger charge is 2.25. The summed E-state index contributed by atoms with van der Waals surface area (Å²) < 4.78 is 26.2. The summed E-state index contributed by atoms with van der Waals surface area (Å²) >= 11 is 0. The number of hydrogen-bond donors (Lipinski definition) is 3. The van der Waals surface area contributed by atoms with E-state index >= 15 is 0 Å². The zero-order valence-electron chi connectivity index (χ0n) is 10.5. The van der Waals surface area contributed by atoms with E-state index in [1.807, 2.05) is 20.8 Å². The van der Waals surface area contributed by atoms with Crippen molar-refractivity contribution >= 4 is 16.0 Å². The molecule has 3 N–H and O–H groups in total. The van der Waals surface area contributed by atoms with Gasteiger partial charge < -0.3 is 5.11 Å². The Bertz CT molecular complexity index is 521. The zero-order valence-corrected chi connectivity index (χ0v) is 11.3. The van der Waals surface area contributed by atoms with Crippen LogP contribution in [0.4, 0.5) is 0 Å². The number of carboxylic acid groups (broad SMARTS) is 1. The topological polar surface area (TPSA) is 112 Å². The van der Waals surface area contributed by atoms with Crippen molar-refractivity contribution in [1.82, 2.24) is 14.9 Å². The Morgan fingerprint density at radius 3 is 2.61 bits per heavy atom. The standard InChI is InChI=1S/C10H17N3O4S/c1-6(2)7(3)4-12-18(16,17)9-8(10(14)15)5-11-13-9/h5-7,12H,4H2,1-3H3,(H,11,13)(H,14,15). The molecule has 0 aliphatic heterocycles. The number of carbonyl (C=O) groups is 1. The molecule has 1 rings (SSSR count). The van der Waals surface area contributed by atoms with Gasteiger partial charge in [-0.2, -0.15) is 5.10 Å². The highest BCUT2D eigenvalue weighted by Crippen LogP contribution is 2.13. The minimum atomic E-state index is -3.87. The van der Waals surface area contributed by atoms with Crippen LogP contribution in [0.2, 0.25) is 0 Å². The third-order valence-electron chi connectivity index (χ3n) is 2.84. The van der Waals surface area contributed by atoms with Crippen molar-refractivity contribution in [3.05, 3.63) is 11.8 Å². The Morgan fingerprint density at radius 1 is 1.50 bits per heavy atom. The number of nitrogens with zero attached hydrogens (tertiary/aromatic N) is 1. The normalized spacial score (nSPS) is 13.8. The number of aromatic nitrogens is 2. The number of carboxylic acids is 1. The quantitative estimate of drug-likeness (QED) is 0.706. The molecule has 1 aromatic heterocycles. The molecule has 102 valence electrons. The molecule has 1 unspecified atom stereocenters. The summed E-state index contributed by atoms with van der Waals surface area (Å²) in [5.41, 5.74) is -0.361. The van der Waals surface area contributed by atoms with E-state index in [1.165, 1.54) is 0 Å². The van der Waals surface area contributed by atoms with Gasteiger partial charge in [-0.25, -0.2) is 17.9 Å². The molecule has 7 nitrogen and oxygen atoms in total. The molecule has 1 atom stereocenters. The van der Waals surface area contributed by atoms with Crippen molar-refractivity contribution in [2.75, 3.05) is 6.54 Å². The maximum Gasteiger partial charge on any atom is 0.340 e. The van der Waals surface area contributed by atoms with Crippen molar-refractivity contribution in [3.8, 4) is 0 Å². The average Bonchev–Trinajstić information content (AvgIpc) is 2.75. The summed E-state index contributed by atoms with van der Waals surface area (Å²) in [5.74, 6) is -0.856. The van der Waals surface area contributed by atoms with Crippen molar-refractivity contribution in [2.45, 2.75) is 25.8 Å². The van der Waals surface area contributed by atoms with Crippen molar-refractivity contribution in [3.63, 3.8) is 0 Å². The van der Waals surface area contributed by atoms with Crippen LogP contribution in [0.15, 0.2) is 11.2 Å². The smallest absolute Gasteiger partial charge is 0.340 e. The molecule has 0 fully saturated rings. The molecular formula is C10H17N3O4S. The molecule has 0 radical (unpaired) electrons. The van der Waals surface area contributed by atoms with Gasteiger partial charge in [0.2, 0.25) is 0 Å². The second kappa shape index (κ2) is 5.49. The number of hydrogen-bond acceptors (Lipinski definition) is 4. The van der Waals surface area contributed by atoms with Crippen molar-refractivity contribution < 1.29 is 18.3 Å². The highest BCUT2D eigenvalue weighted by molar-refractivity contribution is 7.89. The molecule has 0 saturated heterocycles. The third kappa shape index (κ3) is 3.30. The first-order valence-electron chi connectivity index (χ1n) is 5.52. The van der Waals surface area contributed by atoms with Crippen molar-refractivity contribution in [2.24, 2.45) is 11.8 Å². The van der Waals surface area contributed by atoms with Crippen LogP contribution in [0.5, 0.6) is 0 Å². The molecule has 0 spiro atoms. The Hall–Kier alpha value is -1.41. The summed E-state index contributed by atoms with van der Waals surface area (Å²) in [6.07, 6.45) is 0.975. The first kappa shape index (κ1) is 14.7. The van der Waals surface area contributed by atoms with E-state index in [0.29, 0.717) is 5.92 Å². The van der Waals surface area contributed by atoms with Gasteiger partial charge in [0.15, 0.2) is 5.03 Å². The Balaban J connectivity index is 2.87. The van der Waals surface area contributed by atoms with E-state index in [9.17, 15) is 13.2 Å². The van der Waals surface area contributed by atoms with Gasteiger partial charge in [-0.05, 0) is 11.8 Å². The van der Waals surface area contributed by atoms with Gasteiger partial charge in [-0.3, -0.25) is 5.10 Å². The lowest BCUT2D eigenvalue weighted by atomic mass is 9.99. The maximum atomic E-state index is 11.9. The molecule has 8 heteroatoms. The van der Waals surface area contributed by atoms with Crippen LogP contribution in [-0.4, -0.2) is 36.2 Å². The van der Waals surface area contributed by atoms with E-state index in [2.05, 4.69) is 14.9 Å². The van der Waals surface area contributed by atoms with Crippen molar-refractivity contribution in [1.29, 1.82) is 0 Å². The summed E-state index contributed by atoms with van der Waals surface area (Å²) in [4.78, 5) is 10.8. The number of aromatic amines is 1. The van der Waals surface area contributed by atoms with Gasteiger partial charge in [0, 0.05) is 6.54 Å². The van der Waals surface area contributed by atoms with Gasteiger partial charge in [-0.1, -0.05) is 20.8 Å². The third-order valence-corrected chi connectivity index (χ3v) is 4.23. The van der Waals surface area contributed by atoms with E-state index in [4.69, 9.17) is 5.11 Å². The van der Waals surface area contributed by atoms with Crippen LogP contribution < -0.4 is 4.72 Å². The average molecular weight is 275 g/mol. The molecule has 1 heterocycles. The van der Waals surface area contributed by atoms with Crippen LogP contribution in [0.3, 0.4) is 0 Å². The molecule has 0 aliphatic rings. The Kier molecular flexibility index (Phi) is 4.47. The number of aromatic carboxylic acids is 1. The number of H-pyrrole nitrogens is 1. The Morgan fingerprint density at radius 2 is 2.11 bits per heavy atom. The fraction of sp³-hybridized carbons (Fsp3) is 0.600. The minimum absolute atomic E-state index is 0.149. The molecule has 0 bridgehead atoms. The second-order valence-corrected chi connectivity index (χ2v) is 6.19. The van der Waals surface area contributed by atoms with E-state index in [1.54, 1.807) is 0 Å². The zero-order chi connectivity index (χ0) is 13.9. The molecule has 0 amide bonds. The predicted octanol–water partition coefficient (Wildman–Crippen LogP) is 0.678. The summed E-state index contributed by atoms with van der Waals surface area (Å²) in [6, 6.07) is 0. The predicted molar refractivity (Wildman–Crippen MR) is 64.7 cm³/mol. The number of sulfonamides is 1. The van der Waals surface area contributed by atoms with Crippen LogP contribution in [0.25, 0.3) is 0 Å². The first-order valence-corrected chi connectivity index (χ1v) is 7.00. The minimum Gasteiger partial charge on any atom is -0.478 e. The molecule has 0 saturated carbocycles. The van der Waals surface area contributed by atoms with Crippen LogP contribution >= 0.6 is 0 Å². The second-order valence-electron chi connectivity index (χ2n) is 4.49. The summed E-state index contributed by atoms with van der Waals surface area (Å²) in [5, 5.41) is 14.1. The van der Waals surface area contributed by atoms with Crippen LogP contribution in [0.1, 0.15) is 31.1 Å². The fourth-order valence-corrected chi connectivity index (χ4v) is 2.41. The van der Waals surface area contributed by atoms with E-state index < -0.39 is 21.0 Å². The molecule has 0 aliphatic carbocycles. The Labute approximate surface area is 106 Å². The molecule has 1 aromatic rings. The lowest BCUT2D eigenvalue weighted by Crippen LogP contribution is -2.31. The summed E-state index contributed by atoms with van der Waals surface area (Å²) in [7, 11) is -3.87. The van der Waals surface area contributed by atoms with Crippen LogP contribution in [0, 0.1) is 11.8 Å². The van der Waals surface area contributed by atoms with Gasteiger partial charge in [0.25, 0.3) is 10.0 Å². The first-order chi connectivity index (χ1) is 8.25. The molecular weight excluding hydrogens is 258 g/mol. The number of rotatable bonds is 6. The maximum absolute atomic E-state index is 11.9. The molecule has 18 heavy (non-hydrogen) atoms. The van der Waals surface area contributed by atoms with E-state index in [-0.39, 0.29) is 18.0 Å². The highest BCUT2D eigenvalue weighted by atomic mass is 32.2. The summed E-state index contributed by atoms with van der Waals surface area (Å²) in [6.45, 7) is 6.13. The fourth-order valence-electron chi connectivity index (χ4n) is 1.18. The monoisotopic (exact) mass is 275 g/mol. The van der Waals surface area contributed by atoms with Gasteiger partial charge in [0.05, 0.1) is 6.20 Å². The van der Waals surface area contributed by atoms with E-state index in [0.717, 1.165) is 6.20 Å². The largest absolute Gasteiger partial charge is 0.478 e.